The van der Waals surface area contributed by atoms with Crippen molar-refractivity contribution in [3.63, 3.8) is 0 Å². The molecule has 0 fully saturated rings. The lowest BCUT2D eigenvalue weighted by atomic mass is 9.96. The third-order valence-corrected chi connectivity index (χ3v) is 2.96. The summed E-state index contributed by atoms with van der Waals surface area (Å²) in [6.07, 6.45) is 8.11. The molecule has 1 atom stereocenters. The fourth-order valence-corrected chi connectivity index (χ4v) is 1.61. The maximum absolute atomic E-state index is 11.4. The summed E-state index contributed by atoms with van der Waals surface area (Å²) in [6.45, 7) is 8.72. The SMILES string of the molecule is CCCCC(=O)C/C=C(\C)C(C)CCC. The third-order valence-electron chi connectivity index (χ3n) is 2.96. The molecule has 1 heteroatoms. The van der Waals surface area contributed by atoms with Crippen LogP contribution in [0.5, 0.6) is 0 Å². The van der Waals surface area contributed by atoms with E-state index in [9.17, 15) is 4.79 Å². The van der Waals surface area contributed by atoms with Crippen molar-refractivity contribution in [2.24, 2.45) is 5.92 Å². The van der Waals surface area contributed by atoms with Gasteiger partial charge in [-0.15, -0.1) is 0 Å². The second-order valence-corrected chi connectivity index (χ2v) is 4.48. The average Bonchev–Trinajstić information content (AvgIpc) is 2.23. The maximum Gasteiger partial charge on any atom is 0.136 e. The highest BCUT2D eigenvalue weighted by Crippen LogP contribution is 2.16. The first-order valence-corrected chi connectivity index (χ1v) is 6.30. The molecule has 0 saturated carbocycles. The van der Waals surface area contributed by atoms with Gasteiger partial charge in [-0.05, 0) is 25.7 Å². The lowest BCUT2D eigenvalue weighted by Gasteiger charge is -2.10. The zero-order chi connectivity index (χ0) is 11.7. The molecule has 0 amide bonds. The van der Waals surface area contributed by atoms with Crippen molar-refractivity contribution in [2.75, 3.05) is 0 Å². The second kappa shape index (κ2) is 8.70. The number of hydrogen-bond donors (Lipinski definition) is 0. The predicted molar refractivity (Wildman–Crippen MR) is 67.0 cm³/mol. The minimum Gasteiger partial charge on any atom is -0.299 e. The Balaban J connectivity index is 3.87. The highest BCUT2D eigenvalue weighted by molar-refractivity contribution is 5.79. The Morgan fingerprint density at radius 3 is 2.47 bits per heavy atom. The first kappa shape index (κ1) is 14.4. The zero-order valence-corrected chi connectivity index (χ0v) is 10.8. The second-order valence-electron chi connectivity index (χ2n) is 4.48. The van der Waals surface area contributed by atoms with Crippen molar-refractivity contribution in [3.8, 4) is 0 Å². The van der Waals surface area contributed by atoms with Gasteiger partial charge in [0.15, 0.2) is 0 Å². The van der Waals surface area contributed by atoms with Gasteiger partial charge in [-0.3, -0.25) is 4.79 Å². The van der Waals surface area contributed by atoms with Crippen molar-refractivity contribution in [1.82, 2.24) is 0 Å². The van der Waals surface area contributed by atoms with E-state index in [-0.39, 0.29) is 0 Å². The van der Waals surface area contributed by atoms with Crippen LogP contribution in [-0.4, -0.2) is 5.78 Å². The van der Waals surface area contributed by atoms with E-state index in [2.05, 4.69) is 33.8 Å². The van der Waals surface area contributed by atoms with E-state index in [0.717, 1.165) is 19.3 Å². The van der Waals surface area contributed by atoms with Gasteiger partial charge in [0.25, 0.3) is 0 Å². The topological polar surface area (TPSA) is 17.1 Å². The van der Waals surface area contributed by atoms with E-state index in [0.29, 0.717) is 18.1 Å². The van der Waals surface area contributed by atoms with Gasteiger partial charge >= 0.3 is 0 Å². The summed E-state index contributed by atoms with van der Waals surface area (Å²) >= 11 is 0. The Bertz CT molecular complexity index is 203. The van der Waals surface area contributed by atoms with Crippen LogP contribution in [0.2, 0.25) is 0 Å². The van der Waals surface area contributed by atoms with Crippen LogP contribution in [0.15, 0.2) is 11.6 Å². The molecule has 0 aliphatic rings. The number of unbranched alkanes of at least 4 members (excludes halogenated alkanes) is 1. The van der Waals surface area contributed by atoms with Gasteiger partial charge in [-0.1, -0.05) is 45.3 Å². The number of rotatable bonds is 8. The molecule has 0 saturated heterocycles. The summed E-state index contributed by atoms with van der Waals surface area (Å²) in [5.74, 6) is 1.02. The Hall–Kier alpha value is -0.590. The van der Waals surface area contributed by atoms with Crippen molar-refractivity contribution in [1.29, 1.82) is 0 Å². The minimum absolute atomic E-state index is 0.389. The Morgan fingerprint density at radius 1 is 1.27 bits per heavy atom. The zero-order valence-electron chi connectivity index (χ0n) is 10.8. The molecule has 0 aromatic rings. The number of Topliss-reactive ketones (excluding diaryl/α,β-unsaturated/α-hetero) is 1. The molecule has 0 bridgehead atoms. The maximum atomic E-state index is 11.4. The van der Waals surface area contributed by atoms with Gasteiger partial charge in [0, 0.05) is 12.8 Å². The van der Waals surface area contributed by atoms with Crippen molar-refractivity contribution in [3.05, 3.63) is 11.6 Å². The molecule has 0 aromatic heterocycles. The molecule has 88 valence electrons. The smallest absolute Gasteiger partial charge is 0.136 e. The molecular weight excluding hydrogens is 184 g/mol. The number of hydrogen-bond acceptors (Lipinski definition) is 1. The summed E-state index contributed by atoms with van der Waals surface area (Å²) in [6, 6.07) is 0. The lowest BCUT2D eigenvalue weighted by Crippen LogP contribution is -1.99. The standard InChI is InChI=1S/C14H26O/c1-5-7-9-14(15)11-10-13(4)12(3)8-6-2/h10,12H,5-9,11H2,1-4H3/b13-10+. The minimum atomic E-state index is 0.389. The quantitative estimate of drug-likeness (QED) is 0.538. The molecule has 0 aromatic carbocycles. The van der Waals surface area contributed by atoms with Crippen molar-refractivity contribution in [2.45, 2.75) is 66.2 Å². The van der Waals surface area contributed by atoms with E-state index < -0.39 is 0 Å². The predicted octanol–water partition coefficient (Wildman–Crippen LogP) is 4.52. The molecule has 0 aliphatic heterocycles. The fourth-order valence-electron chi connectivity index (χ4n) is 1.61. The van der Waals surface area contributed by atoms with Crippen LogP contribution < -0.4 is 0 Å². The van der Waals surface area contributed by atoms with Gasteiger partial charge in [0.1, 0.15) is 5.78 Å². The van der Waals surface area contributed by atoms with Gasteiger partial charge in [0.2, 0.25) is 0 Å². The summed E-state index contributed by atoms with van der Waals surface area (Å²) in [7, 11) is 0. The summed E-state index contributed by atoms with van der Waals surface area (Å²) in [5.41, 5.74) is 1.38. The van der Waals surface area contributed by atoms with E-state index in [1.165, 1.54) is 18.4 Å². The average molecular weight is 210 g/mol. The molecule has 0 N–H and O–H groups in total. The molecule has 0 aliphatic carbocycles. The van der Waals surface area contributed by atoms with Crippen LogP contribution in [-0.2, 0) is 4.79 Å². The fraction of sp³-hybridized carbons (Fsp3) is 0.786. The largest absolute Gasteiger partial charge is 0.299 e. The lowest BCUT2D eigenvalue weighted by molar-refractivity contribution is -0.118. The first-order chi connectivity index (χ1) is 7.11. The van der Waals surface area contributed by atoms with E-state index in [1.807, 2.05) is 0 Å². The highest BCUT2D eigenvalue weighted by atomic mass is 16.1. The summed E-state index contributed by atoms with van der Waals surface area (Å²) in [4.78, 5) is 11.4. The van der Waals surface area contributed by atoms with Gasteiger partial charge in [-0.25, -0.2) is 0 Å². The monoisotopic (exact) mass is 210 g/mol. The highest BCUT2D eigenvalue weighted by Gasteiger charge is 2.04. The van der Waals surface area contributed by atoms with E-state index >= 15 is 0 Å². The number of allylic oxidation sites excluding steroid dienone is 2. The van der Waals surface area contributed by atoms with Gasteiger partial charge in [-0.2, -0.15) is 0 Å². The molecule has 15 heavy (non-hydrogen) atoms. The molecule has 0 spiro atoms. The van der Waals surface area contributed by atoms with Gasteiger partial charge < -0.3 is 0 Å². The Labute approximate surface area is 95.0 Å². The Kier molecular flexibility index (Phi) is 8.35. The van der Waals surface area contributed by atoms with E-state index in [1.54, 1.807) is 0 Å². The molecule has 0 radical (unpaired) electrons. The van der Waals surface area contributed by atoms with Crippen LogP contribution in [0.3, 0.4) is 0 Å². The molecule has 0 rings (SSSR count). The normalized spacial score (nSPS) is 14.0. The van der Waals surface area contributed by atoms with Crippen LogP contribution in [0, 0.1) is 5.92 Å². The van der Waals surface area contributed by atoms with Crippen LogP contribution in [0.1, 0.15) is 66.2 Å². The van der Waals surface area contributed by atoms with E-state index in [4.69, 9.17) is 0 Å². The molecule has 0 heterocycles. The number of carbonyl (C=O) groups is 1. The molecular formula is C14H26O. The molecule has 1 nitrogen and oxygen atoms in total. The van der Waals surface area contributed by atoms with Crippen molar-refractivity contribution >= 4 is 5.78 Å². The number of carbonyl (C=O) groups excluding carboxylic acids is 1. The first-order valence-electron chi connectivity index (χ1n) is 6.30. The molecule has 1 unspecified atom stereocenters. The van der Waals surface area contributed by atoms with Gasteiger partial charge in [0.05, 0.1) is 0 Å². The Morgan fingerprint density at radius 2 is 1.93 bits per heavy atom. The summed E-state index contributed by atoms with van der Waals surface area (Å²) in [5, 5.41) is 0. The van der Waals surface area contributed by atoms with Crippen LogP contribution >= 0.6 is 0 Å². The van der Waals surface area contributed by atoms with Crippen LogP contribution in [0.25, 0.3) is 0 Å². The third kappa shape index (κ3) is 7.35. The van der Waals surface area contributed by atoms with Crippen LogP contribution in [0.4, 0.5) is 0 Å². The van der Waals surface area contributed by atoms with Crippen molar-refractivity contribution < 1.29 is 4.79 Å². The number of ketones is 1. The summed E-state index contributed by atoms with van der Waals surface area (Å²) < 4.78 is 0.